The highest BCUT2D eigenvalue weighted by atomic mass is 16.4. The largest absolute Gasteiger partial charge is 0.480 e. The number of hydrogen-bond donors (Lipinski definition) is 3. The van der Waals surface area contributed by atoms with Crippen LogP contribution in [0, 0.1) is 0 Å². The zero-order valence-electron chi connectivity index (χ0n) is 12.7. The molecule has 0 aromatic heterocycles. The number of hydrogen-bond acceptors (Lipinski definition) is 3. The summed E-state index contributed by atoms with van der Waals surface area (Å²) in [6.45, 7) is 7.98. The number of carboxylic acid groups (broad SMARTS) is 1. The van der Waals surface area contributed by atoms with Gasteiger partial charge in [0, 0.05) is 19.1 Å². The molecular weight excluding hydrogens is 258 g/mol. The number of carbonyl (C=O) groups is 2. The van der Waals surface area contributed by atoms with Crippen LogP contribution in [0.1, 0.15) is 46.5 Å². The number of urea groups is 1. The zero-order chi connectivity index (χ0) is 15.2. The van der Waals surface area contributed by atoms with Crippen LogP contribution in [0.4, 0.5) is 4.79 Å². The molecule has 1 saturated carbocycles. The molecule has 0 radical (unpaired) electrons. The van der Waals surface area contributed by atoms with E-state index in [1.165, 1.54) is 12.8 Å². The summed E-state index contributed by atoms with van der Waals surface area (Å²) in [5.41, 5.74) is -1.16. The highest BCUT2D eigenvalue weighted by molar-refractivity contribution is 5.86. The van der Waals surface area contributed by atoms with Crippen LogP contribution in [0.3, 0.4) is 0 Å². The predicted octanol–water partition coefficient (Wildman–Crippen LogP) is 1.41. The van der Waals surface area contributed by atoms with Crippen LogP contribution >= 0.6 is 0 Å². The van der Waals surface area contributed by atoms with Gasteiger partial charge in [-0.25, -0.2) is 9.59 Å². The highest BCUT2D eigenvalue weighted by Gasteiger charge is 2.36. The smallest absolute Gasteiger partial charge is 0.329 e. The normalized spacial score (nSPS) is 15.2. The topological polar surface area (TPSA) is 81.7 Å². The molecule has 6 heteroatoms. The van der Waals surface area contributed by atoms with Gasteiger partial charge in [0.05, 0.1) is 0 Å². The van der Waals surface area contributed by atoms with Crippen LogP contribution in [0.15, 0.2) is 0 Å². The molecule has 0 aliphatic heterocycles. The fourth-order valence-corrected chi connectivity index (χ4v) is 2.40. The quantitative estimate of drug-likeness (QED) is 0.598. The molecule has 0 heterocycles. The van der Waals surface area contributed by atoms with E-state index in [1.54, 1.807) is 13.8 Å². The van der Waals surface area contributed by atoms with Crippen molar-refractivity contribution in [3.8, 4) is 0 Å². The number of nitrogens with one attached hydrogen (secondary N) is 2. The SMILES string of the molecule is CCN(CCNC(=O)NC(CC)(CC)C(=O)O)C1CC1. The third-order valence-corrected chi connectivity index (χ3v) is 4.12. The Balaban J connectivity index is 2.36. The summed E-state index contributed by atoms with van der Waals surface area (Å²) in [5.74, 6) is -0.981. The Hall–Kier alpha value is -1.30. The van der Waals surface area contributed by atoms with Crippen LogP contribution in [0.5, 0.6) is 0 Å². The Morgan fingerprint density at radius 3 is 2.25 bits per heavy atom. The Labute approximate surface area is 120 Å². The van der Waals surface area contributed by atoms with E-state index in [1.807, 2.05) is 0 Å². The minimum Gasteiger partial charge on any atom is -0.480 e. The molecular formula is C14H27N3O3. The van der Waals surface area contributed by atoms with Crippen LogP contribution in [-0.4, -0.2) is 53.2 Å². The second kappa shape index (κ2) is 7.47. The van der Waals surface area contributed by atoms with Gasteiger partial charge in [0.2, 0.25) is 0 Å². The van der Waals surface area contributed by atoms with Gasteiger partial charge in [-0.2, -0.15) is 0 Å². The lowest BCUT2D eigenvalue weighted by Crippen LogP contribution is -2.57. The van der Waals surface area contributed by atoms with Crippen molar-refractivity contribution in [1.29, 1.82) is 0 Å². The maximum Gasteiger partial charge on any atom is 0.329 e. The number of likely N-dealkylation sites (N-methyl/N-ethyl adjacent to an activating group) is 1. The molecule has 1 aliphatic rings. The fourth-order valence-electron chi connectivity index (χ4n) is 2.40. The summed E-state index contributed by atoms with van der Waals surface area (Å²) in [7, 11) is 0. The van der Waals surface area contributed by atoms with Crippen molar-refractivity contribution in [3.63, 3.8) is 0 Å². The fraction of sp³-hybridized carbons (Fsp3) is 0.857. The molecule has 0 aromatic rings. The number of aliphatic carboxylic acids is 1. The van der Waals surface area contributed by atoms with Gasteiger partial charge in [-0.1, -0.05) is 20.8 Å². The summed E-state index contributed by atoms with van der Waals surface area (Å²) in [5, 5.41) is 14.6. The average molecular weight is 285 g/mol. The van der Waals surface area contributed by atoms with E-state index in [9.17, 15) is 14.7 Å². The Morgan fingerprint density at radius 2 is 1.85 bits per heavy atom. The van der Waals surface area contributed by atoms with Gasteiger partial charge in [0.1, 0.15) is 5.54 Å². The Kier molecular flexibility index (Phi) is 6.26. The molecule has 0 unspecified atom stereocenters. The molecule has 1 aliphatic carbocycles. The van der Waals surface area contributed by atoms with Gasteiger partial charge in [0.15, 0.2) is 0 Å². The van der Waals surface area contributed by atoms with E-state index in [0.29, 0.717) is 25.4 Å². The van der Waals surface area contributed by atoms with Crippen molar-refractivity contribution in [1.82, 2.24) is 15.5 Å². The number of nitrogens with zero attached hydrogens (tertiary/aromatic N) is 1. The second-order valence-corrected chi connectivity index (χ2v) is 5.34. The number of carbonyl (C=O) groups excluding carboxylic acids is 1. The molecule has 0 atom stereocenters. The van der Waals surface area contributed by atoms with Crippen molar-refractivity contribution >= 4 is 12.0 Å². The molecule has 0 spiro atoms. The third-order valence-electron chi connectivity index (χ3n) is 4.12. The van der Waals surface area contributed by atoms with Gasteiger partial charge < -0.3 is 15.7 Å². The maximum atomic E-state index is 11.8. The van der Waals surface area contributed by atoms with E-state index in [-0.39, 0.29) is 0 Å². The van der Waals surface area contributed by atoms with E-state index < -0.39 is 17.5 Å². The molecule has 116 valence electrons. The van der Waals surface area contributed by atoms with Crippen LogP contribution < -0.4 is 10.6 Å². The molecule has 20 heavy (non-hydrogen) atoms. The molecule has 1 rings (SSSR count). The molecule has 1 fully saturated rings. The van der Waals surface area contributed by atoms with Gasteiger partial charge in [-0.05, 0) is 32.2 Å². The first-order chi connectivity index (χ1) is 9.49. The van der Waals surface area contributed by atoms with Crippen molar-refractivity contribution in [3.05, 3.63) is 0 Å². The zero-order valence-corrected chi connectivity index (χ0v) is 12.7. The second-order valence-electron chi connectivity index (χ2n) is 5.34. The van der Waals surface area contributed by atoms with E-state index in [0.717, 1.165) is 13.1 Å². The van der Waals surface area contributed by atoms with Gasteiger partial charge >= 0.3 is 12.0 Å². The number of amides is 2. The minimum absolute atomic E-state index is 0.370. The van der Waals surface area contributed by atoms with Crippen molar-refractivity contribution in [2.75, 3.05) is 19.6 Å². The lowest BCUT2D eigenvalue weighted by atomic mass is 9.93. The summed E-state index contributed by atoms with van der Waals surface area (Å²) in [6, 6.07) is 0.275. The maximum absolute atomic E-state index is 11.8. The first kappa shape index (κ1) is 16.8. The van der Waals surface area contributed by atoms with E-state index >= 15 is 0 Å². The molecule has 0 bridgehead atoms. The van der Waals surface area contributed by atoms with Gasteiger partial charge in [-0.15, -0.1) is 0 Å². The molecule has 3 N–H and O–H groups in total. The Bertz CT molecular complexity index is 339. The van der Waals surface area contributed by atoms with Crippen LogP contribution in [-0.2, 0) is 4.79 Å². The standard InChI is InChI=1S/C14H27N3O3/c1-4-14(5-2,12(18)19)16-13(20)15-9-10-17(6-3)11-7-8-11/h11H,4-10H2,1-3H3,(H,18,19)(H2,15,16,20). The molecule has 6 nitrogen and oxygen atoms in total. The predicted molar refractivity (Wildman–Crippen MR) is 77.8 cm³/mol. The number of carboxylic acids is 1. The van der Waals surface area contributed by atoms with Crippen molar-refractivity contribution < 1.29 is 14.7 Å². The summed E-state index contributed by atoms with van der Waals surface area (Å²) >= 11 is 0. The van der Waals surface area contributed by atoms with E-state index in [4.69, 9.17) is 0 Å². The van der Waals surface area contributed by atoms with Crippen molar-refractivity contribution in [2.45, 2.75) is 58.0 Å². The van der Waals surface area contributed by atoms with E-state index in [2.05, 4.69) is 22.5 Å². The third kappa shape index (κ3) is 4.37. The lowest BCUT2D eigenvalue weighted by Gasteiger charge is -2.28. The summed E-state index contributed by atoms with van der Waals surface area (Å²) < 4.78 is 0. The summed E-state index contributed by atoms with van der Waals surface area (Å²) in [6.07, 6.45) is 3.23. The molecule has 0 saturated heterocycles. The molecule has 0 aromatic carbocycles. The van der Waals surface area contributed by atoms with Gasteiger partial charge in [-0.3, -0.25) is 4.90 Å². The Morgan fingerprint density at radius 1 is 1.25 bits per heavy atom. The highest BCUT2D eigenvalue weighted by Crippen LogP contribution is 2.25. The first-order valence-corrected chi connectivity index (χ1v) is 7.52. The van der Waals surface area contributed by atoms with Crippen molar-refractivity contribution in [2.24, 2.45) is 0 Å². The summed E-state index contributed by atoms with van der Waals surface area (Å²) in [4.78, 5) is 25.5. The monoisotopic (exact) mass is 285 g/mol. The van der Waals surface area contributed by atoms with Crippen LogP contribution in [0.25, 0.3) is 0 Å². The number of rotatable bonds is 9. The van der Waals surface area contributed by atoms with Crippen LogP contribution in [0.2, 0.25) is 0 Å². The van der Waals surface area contributed by atoms with Gasteiger partial charge in [0.25, 0.3) is 0 Å². The molecule has 2 amide bonds. The minimum atomic E-state index is -1.16. The lowest BCUT2D eigenvalue weighted by molar-refractivity contribution is -0.144. The first-order valence-electron chi connectivity index (χ1n) is 7.52. The average Bonchev–Trinajstić information content (AvgIpc) is 3.25.